The van der Waals surface area contributed by atoms with Gasteiger partial charge in [0.1, 0.15) is 22.9 Å². The van der Waals surface area contributed by atoms with E-state index >= 15 is 0 Å². The van der Waals surface area contributed by atoms with E-state index in [1.807, 2.05) is 31.2 Å². The molecule has 4 rings (SSSR count). The van der Waals surface area contributed by atoms with Crippen LogP contribution >= 0.6 is 0 Å². The molecule has 102 valence electrons. The Kier molecular flexibility index (Phi) is 2.57. The van der Waals surface area contributed by atoms with Crippen LogP contribution in [0, 0.1) is 6.92 Å². The Labute approximate surface area is 121 Å². The summed E-state index contributed by atoms with van der Waals surface area (Å²) >= 11 is 0. The second-order valence-electron chi connectivity index (χ2n) is 4.90. The lowest BCUT2D eigenvalue weighted by Crippen LogP contribution is -1.97. The molecule has 1 aromatic heterocycles. The third kappa shape index (κ3) is 1.99. The van der Waals surface area contributed by atoms with E-state index in [1.54, 1.807) is 6.20 Å². The highest BCUT2D eigenvalue weighted by molar-refractivity contribution is 5.80. The molecule has 0 spiro atoms. The number of nitrogens with zero attached hydrogens (tertiary/aromatic N) is 3. The van der Waals surface area contributed by atoms with E-state index in [9.17, 15) is 0 Å². The number of aromatic amines is 2. The Morgan fingerprint density at radius 2 is 1.76 bits per heavy atom. The maximum atomic E-state index is 4.73. The van der Waals surface area contributed by atoms with Crippen molar-refractivity contribution in [2.45, 2.75) is 6.92 Å². The molecule has 0 fully saturated rings. The zero-order chi connectivity index (χ0) is 14.2. The fourth-order valence-electron chi connectivity index (χ4n) is 2.46. The summed E-state index contributed by atoms with van der Waals surface area (Å²) < 4.78 is 0. The van der Waals surface area contributed by atoms with Gasteiger partial charge in [-0.1, -0.05) is 30.3 Å². The first-order valence-corrected chi connectivity index (χ1v) is 6.74. The standard InChI is InChI=1S/C16H13N5/c1-10-18-14-9-13(11-5-3-2-4-6-11)20-16(14)15(19-10)12-7-8-17-21-12/h2-9H,1H3,(H,17,21)(H,18,19). The number of hydrogen-bond acceptors (Lipinski definition) is 3. The summed E-state index contributed by atoms with van der Waals surface area (Å²) in [6.45, 7) is 1.94. The Hall–Kier alpha value is -2.95. The second kappa shape index (κ2) is 4.56. The van der Waals surface area contributed by atoms with Crippen molar-refractivity contribution in [3.05, 3.63) is 54.5 Å². The molecule has 2 aromatic rings. The topological polar surface area (TPSA) is 70.2 Å². The van der Waals surface area contributed by atoms with Gasteiger partial charge in [0, 0.05) is 11.8 Å². The van der Waals surface area contributed by atoms with Gasteiger partial charge in [-0.25, -0.2) is 9.97 Å². The smallest absolute Gasteiger partial charge is 0.120 e. The summed E-state index contributed by atoms with van der Waals surface area (Å²) in [5.41, 5.74) is 5.43. The lowest BCUT2D eigenvalue weighted by Gasteiger charge is -2.05. The van der Waals surface area contributed by atoms with Gasteiger partial charge in [0.15, 0.2) is 0 Å². The van der Waals surface area contributed by atoms with Gasteiger partial charge >= 0.3 is 0 Å². The monoisotopic (exact) mass is 275 g/mol. The second-order valence-corrected chi connectivity index (χ2v) is 4.90. The van der Waals surface area contributed by atoms with Crippen LogP contribution in [-0.2, 0) is 0 Å². The fraction of sp³-hybridized carbons (Fsp3) is 0.0625. The number of rotatable bonds is 2. The van der Waals surface area contributed by atoms with Crippen LogP contribution in [0.1, 0.15) is 5.82 Å². The first-order valence-electron chi connectivity index (χ1n) is 6.74. The molecule has 1 aromatic carbocycles. The van der Waals surface area contributed by atoms with Crippen LogP contribution < -0.4 is 0 Å². The maximum absolute atomic E-state index is 4.73. The molecule has 2 N–H and O–H groups in total. The van der Waals surface area contributed by atoms with Gasteiger partial charge in [-0.15, -0.1) is 0 Å². The first kappa shape index (κ1) is 11.8. The van der Waals surface area contributed by atoms with Crippen LogP contribution in [0.2, 0.25) is 0 Å². The molecule has 3 heterocycles. The predicted octanol–water partition coefficient (Wildman–Crippen LogP) is 3.28. The molecule has 2 aliphatic heterocycles. The van der Waals surface area contributed by atoms with Crippen molar-refractivity contribution in [2.75, 3.05) is 0 Å². The molecule has 0 unspecified atom stereocenters. The molecule has 0 aliphatic carbocycles. The third-order valence-electron chi connectivity index (χ3n) is 3.40. The van der Waals surface area contributed by atoms with Crippen molar-refractivity contribution < 1.29 is 0 Å². The summed E-state index contributed by atoms with van der Waals surface area (Å²) in [6, 6.07) is 14.1. The molecule has 21 heavy (non-hydrogen) atoms. The van der Waals surface area contributed by atoms with Crippen molar-refractivity contribution >= 4 is 0 Å². The Balaban J connectivity index is 1.95. The van der Waals surface area contributed by atoms with Crippen molar-refractivity contribution in [1.29, 1.82) is 0 Å². The Morgan fingerprint density at radius 1 is 0.905 bits per heavy atom. The lowest BCUT2D eigenvalue weighted by atomic mass is 10.1. The van der Waals surface area contributed by atoms with Gasteiger partial charge in [-0.05, 0) is 19.1 Å². The zero-order valence-electron chi connectivity index (χ0n) is 11.5. The maximum Gasteiger partial charge on any atom is 0.120 e. The summed E-state index contributed by atoms with van der Waals surface area (Å²) in [4.78, 5) is 12.6. The zero-order valence-corrected chi connectivity index (χ0v) is 11.5. The molecule has 2 aliphatic rings. The first-order chi connectivity index (χ1) is 10.3. The molecule has 0 saturated carbocycles. The Bertz CT molecular complexity index is 846. The largest absolute Gasteiger partial charge is 0.342 e. The normalized spacial score (nSPS) is 11.1. The number of nitrogens with one attached hydrogen (secondary N) is 2. The number of hydrogen-bond donors (Lipinski definition) is 2. The highest BCUT2D eigenvalue weighted by Gasteiger charge is 2.19. The molecule has 5 nitrogen and oxygen atoms in total. The molecule has 0 atom stereocenters. The van der Waals surface area contributed by atoms with Gasteiger partial charge < -0.3 is 4.98 Å². The third-order valence-corrected chi connectivity index (χ3v) is 3.40. The predicted molar refractivity (Wildman–Crippen MR) is 80.8 cm³/mol. The quantitative estimate of drug-likeness (QED) is 0.590. The van der Waals surface area contributed by atoms with Crippen LogP contribution in [0.5, 0.6) is 0 Å². The highest BCUT2D eigenvalue weighted by Crippen LogP contribution is 2.33. The van der Waals surface area contributed by atoms with E-state index in [4.69, 9.17) is 4.98 Å². The molecular formula is C16H13N5. The Morgan fingerprint density at radius 3 is 2.52 bits per heavy atom. The number of aryl methyl sites for hydroxylation is 1. The van der Waals surface area contributed by atoms with Gasteiger partial charge in [0.05, 0.1) is 11.4 Å². The van der Waals surface area contributed by atoms with Crippen LogP contribution in [-0.4, -0.2) is 25.1 Å². The molecule has 0 amide bonds. The number of fused-ring (bicyclic) bond motifs is 1. The molecule has 0 bridgehead atoms. The van der Waals surface area contributed by atoms with E-state index < -0.39 is 0 Å². The van der Waals surface area contributed by atoms with Crippen molar-refractivity contribution in [3.8, 4) is 34.0 Å². The van der Waals surface area contributed by atoms with Crippen LogP contribution in [0.25, 0.3) is 34.0 Å². The molecule has 0 radical (unpaired) electrons. The van der Waals surface area contributed by atoms with Gasteiger partial charge in [-0.2, -0.15) is 5.10 Å². The molecule has 0 saturated heterocycles. The highest BCUT2D eigenvalue weighted by atomic mass is 15.1. The van der Waals surface area contributed by atoms with E-state index in [0.717, 1.165) is 39.9 Å². The number of H-pyrrole nitrogens is 2. The molecule has 5 heteroatoms. The van der Waals surface area contributed by atoms with Crippen LogP contribution in [0.3, 0.4) is 0 Å². The van der Waals surface area contributed by atoms with Crippen LogP contribution in [0.4, 0.5) is 0 Å². The summed E-state index contributed by atoms with van der Waals surface area (Å²) in [5, 5.41) is 7.04. The van der Waals surface area contributed by atoms with Gasteiger partial charge in [-0.3, -0.25) is 5.10 Å². The number of aromatic nitrogens is 5. The van der Waals surface area contributed by atoms with Crippen molar-refractivity contribution in [2.24, 2.45) is 0 Å². The summed E-state index contributed by atoms with van der Waals surface area (Å²) in [6.07, 6.45) is 1.79. The summed E-state index contributed by atoms with van der Waals surface area (Å²) in [5.74, 6) is 0.840. The SMILES string of the molecule is Cc1nc(-c2cc[nH]n2)c2nc(-c3ccccc3)cc-2[nH]1. The fourth-order valence-corrected chi connectivity index (χ4v) is 2.46. The molecular weight excluding hydrogens is 262 g/mol. The van der Waals surface area contributed by atoms with Crippen LogP contribution in [0.15, 0.2) is 48.7 Å². The summed E-state index contributed by atoms with van der Waals surface area (Å²) in [7, 11) is 0. The lowest BCUT2D eigenvalue weighted by molar-refractivity contribution is 1.03. The van der Waals surface area contributed by atoms with Crippen molar-refractivity contribution in [1.82, 2.24) is 25.1 Å². The number of benzene rings is 1. The average molecular weight is 275 g/mol. The van der Waals surface area contributed by atoms with Gasteiger partial charge in [0.25, 0.3) is 0 Å². The van der Waals surface area contributed by atoms with E-state index in [2.05, 4.69) is 38.4 Å². The van der Waals surface area contributed by atoms with E-state index in [-0.39, 0.29) is 0 Å². The van der Waals surface area contributed by atoms with Gasteiger partial charge in [0.2, 0.25) is 0 Å². The van der Waals surface area contributed by atoms with E-state index in [1.165, 1.54) is 0 Å². The minimum Gasteiger partial charge on any atom is -0.342 e. The van der Waals surface area contributed by atoms with E-state index in [0.29, 0.717) is 0 Å². The minimum atomic E-state index is 0.796. The minimum absolute atomic E-state index is 0.796. The van der Waals surface area contributed by atoms with Crippen molar-refractivity contribution in [3.63, 3.8) is 0 Å². The average Bonchev–Trinajstić information content (AvgIpc) is 3.16.